The average Bonchev–Trinajstić information content (AvgIpc) is 2.68. The maximum atomic E-state index is 12.4. The number of ketones is 1. The number of carbonyl (C=O) groups is 2. The van der Waals surface area contributed by atoms with E-state index in [9.17, 15) is 19.4 Å². The molecular formula is C20H24N3O6P. The molecule has 1 atom stereocenters. The number of anilines is 1. The van der Waals surface area contributed by atoms with Gasteiger partial charge >= 0.3 is 7.60 Å². The minimum absolute atomic E-state index is 0.0681. The van der Waals surface area contributed by atoms with Crippen LogP contribution in [0.15, 0.2) is 30.4 Å². The third-order valence-electron chi connectivity index (χ3n) is 3.65. The lowest BCUT2D eigenvalue weighted by atomic mass is 10.1. The molecular weight excluding hydrogens is 409 g/mol. The largest absolute Gasteiger partial charge is 0.488 e. The summed E-state index contributed by atoms with van der Waals surface area (Å²) in [6.45, 7) is 5.21. The van der Waals surface area contributed by atoms with Crippen molar-refractivity contribution in [3.05, 3.63) is 35.9 Å². The first-order chi connectivity index (χ1) is 14.3. The van der Waals surface area contributed by atoms with Gasteiger partial charge in [0.1, 0.15) is 18.4 Å². The van der Waals surface area contributed by atoms with Crippen molar-refractivity contribution in [1.29, 1.82) is 10.5 Å². The van der Waals surface area contributed by atoms with E-state index in [1.54, 1.807) is 32.1 Å². The molecule has 30 heavy (non-hydrogen) atoms. The van der Waals surface area contributed by atoms with E-state index in [-0.39, 0.29) is 43.0 Å². The minimum atomic E-state index is -3.19. The summed E-state index contributed by atoms with van der Waals surface area (Å²) in [7, 11) is -3.19. The quantitative estimate of drug-likeness (QED) is 0.300. The molecule has 160 valence electrons. The fourth-order valence-electron chi connectivity index (χ4n) is 2.31. The van der Waals surface area contributed by atoms with E-state index < -0.39 is 25.2 Å². The number of Topliss-reactive ketones (excluding diaryl/α,β-unsaturated/α-hetero) is 1. The van der Waals surface area contributed by atoms with Crippen molar-refractivity contribution in [1.82, 2.24) is 0 Å². The molecule has 0 aromatic heterocycles. The number of hydrogen-bond acceptors (Lipinski definition) is 8. The van der Waals surface area contributed by atoms with E-state index in [1.165, 1.54) is 18.2 Å². The van der Waals surface area contributed by atoms with Crippen LogP contribution in [0.5, 0.6) is 5.75 Å². The van der Waals surface area contributed by atoms with Crippen LogP contribution >= 0.6 is 7.60 Å². The third-order valence-corrected chi connectivity index (χ3v) is 5.61. The Bertz CT molecular complexity index is 906. The van der Waals surface area contributed by atoms with Gasteiger partial charge in [-0.15, -0.1) is 0 Å². The summed E-state index contributed by atoms with van der Waals surface area (Å²) in [5.74, 6) is -2.54. The summed E-state index contributed by atoms with van der Waals surface area (Å²) in [6.07, 6.45) is 3.30. The third kappa shape index (κ3) is 7.81. The predicted molar refractivity (Wildman–Crippen MR) is 110 cm³/mol. The fraction of sp³-hybridized carbons (Fsp3) is 0.400. The van der Waals surface area contributed by atoms with Crippen LogP contribution in [-0.2, 0) is 23.2 Å². The van der Waals surface area contributed by atoms with Crippen LogP contribution < -0.4 is 10.1 Å². The molecule has 1 N–H and O–H groups in total. The van der Waals surface area contributed by atoms with E-state index in [0.717, 1.165) is 6.92 Å². The molecule has 0 fully saturated rings. The molecule has 1 aromatic carbocycles. The number of allylic oxidation sites excluding steroid dienone is 1. The van der Waals surface area contributed by atoms with Crippen molar-refractivity contribution in [3.8, 4) is 17.9 Å². The molecule has 0 aliphatic heterocycles. The zero-order valence-corrected chi connectivity index (χ0v) is 18.0. The van der Waals surface area contributed by atoms with Crippen molar-refractivity contribution in [2.45, 2.75) is 20.8 Å². The Morgan fingerprint density at radius 3 is 2.40 bits per heavy atom. The summed E-state index contributed by atoms with van der Waals surface area (Å²) >= 11 is 0. The Hall–Kier alpha value is -2.97. The Labute approximate surface area is 175 Å². The molecule has 0 aliphatic carbocycles. The molecule has 0 heterocycles. The monoisotopic (exact) mass is 433 g/mol. The molecule has 0 saturated heterocycles. The molecule has 0 radical (unpaired) electrons. The van der Waals surface area contributed by atoms with Crippen LogP contribution in [0.2, 0.25) is 0 Å². The van der Waals surface area contributed by atoms with Crippen LogP contribution in [0.25, 0.3) is 0 Å². The Morgan fingerprint density at radius 2 is 1.87 bits per heavy atom. The van der Waals surface area contributed by atoms with Crippen molar-refractivity contribution in [2.75, 3.05) is 31.3 Å². The van der Waals surface area contributed by atoms with Gasteiger partial charge in [0, 0.05) is 11.8 Å². The van der Waals surface area contributed by atoms with Crippen LogP contribution in [-0.4, -0.2) is 37.7 Å². The van der Waals surface area contributed by atoms with Crippen LogP contribution in [0.4, 0.5) is 5.69 Å². The second-order valence-corrected chi connectivity index (χ2v) is 8.00. The molecule has 1 unspecified atom stereocenters. The molecule has 1 aromatic rings. The summed E-state index contributed by atoms with van der Waals surface area (Å²) in [5, 5.41) is 20.6. The summed E-state index contributed by atoms with van der Waals surface area (Å²) in [4.78, 5) is 23.4. The molecule has 0 saturated carbocycles. The highest BCUT2D eigenvalue weighted by molar-refractivity contribution is 7.54. The normalized spacial score (nSPS) is 12.0. The van der Waals surface area contributed by atoms with Gasteiger partial charge in [-0.05, 0) is 32.9 Å². The Kier molecular flexibility index (Phi) is 10.5. The van der Waals surface area contributed by atoms with Crippen LogP contribution in [0, 0.1) is 28.6 Å². The predicted octanol–water partition coefficient (Wildman–Crippen LogP) is 3.43. The van der Waals surface area contributed by atoms with Gasteiger partial charge in [-0.25, -0.2) is 0 Å². The van der Waals surface area contributed by atoms with E-state index in [4.69, 9.17) is 19.0 Å². The highest BCUT2D eigenvalue weighted by Gasteiger charge is 2.23. The number of nitrogens with one attached hydrogen (secondary N) is 1. The standard InChI is InChI=1S/C20H24N3O6P/c1-4-28-30(26,29-5-2)11-7-6-10-27-19-12-17(9-8-16(19)13-21)23-20(25)18(14-22)15(3)24/h6-9,12,18H,4-5,10-11H2,1-3H3,(H,23,25). The highest BCUT2D eigenvalue weighted by Crippen LogP contribution is 2.47. The van der Waals surface area contributed by atoms with Gasteiger partial charge in [0.15, 0.2) is 11.7 Å². The number of carbonyl (C=O) groups excluding carboxylic acids is 2. The Balaban J connectivity index is 2.80. The molecule has 0 aliphatic rings. The van der Waals surface area contributed by atoms with E-state index >= 15 is 0 Å². The lowest BCUT2D eigenvalue weighted by Gasteiger charge is -2.14. The molecule has 9 nitrogen and oxygen atoms in total. The maximum Gasteiger partial charge on any atom is 0.334 e. The van der Waals surface area contributed by atoms with Gasteiger partial charge in [0.05, 0.1) is 31.0 Å². The van der Waals surface area contributed by atoms with Crippen molar-refractivity contribution in [2.24, 2.45) is 5.92 Å². The highest BCUT2D eigenvalue weighted by atomic mass is 31.2. The molecule has 0 spiro atoms. The Morgan fingerprint density at radius 1 is 1.20 bits per heavy atom. The molecule has 10 heteroatoms. The number of benzene rings is 1. The number of rotatable bonds is 12. The maximum absolute atomic E-state index is 12.4. The zero-order chi connectivity index (χ0) is 22.6. The van der Waals surface area contributed by atoms with E-state index in [0.29, 0.717) is 0 Å². The fourth-order valence-corrected chi connectivity index (χ4v) is 3.79. The van der Waals surface area contributed by atoms with Crippen LogP contribution in [0.3, 0.4) is 0 Å². The van der Waals surface area contributed by atoms with Gasteiger partial charge in [-0.1, -0.05) is 12.2 Å². The van der Waals surface area contributed by atoms with Crippen molar-refractivity contribution < 1.29 is 27.9 Å². The summed E-state index contributed by atoms with van der Waals surface area (Å²) < 4.78 is 28.3. The van der Waals surface area contributed by atoms with Gasteiger partial charge in [-0.3, -0.25) is 14.2 Å². The minimum Gasteiger partial charge on any atom is -0.488 e. The first-order valence-corrected chi connectivity index (χ1v) is 10.9. The average molecular weight is 433 g/mol. The van der Waals surface area contributed by atoms with E-state index in [1.807, 2.05) is 6.07 Å². The van der Waals surface area contributed by atoms with Gasteiger partial charge in [-0.2, -0.15) is 10.5 Å². The molecule has 1 amide bonds. The smallest absolute Gasteiger partial charge is 0.334 e. The number of nitriles is 2. The molecule has 1 rings (SSSR count). The summed E-state index contributed by atoms with van der Waals surface area (Å²) in [5.41, 5.74) is 0.510. The lowest BCUT2D eigenvalue weighted by Crippen LogP contribution is -2.26. The number of nitrogens with zero attached hydrogens (tertiary/aromatic N) is 2. The first kappa shape index (κ1) is 25.1. The number of amides is 1. The first-order valence-electron chi connectivity index (χ1n) is 9.21. The second-order valence-electron chi connectivity index (χ2n) is 5.90. The topological polar surface area (TPSA) is 139 Å². The van der Waals surface area contributed by atoms with Gasteiger partial charge in [0.25, 0.3) is 0 Å². The van der Waals surface area contributed by atoms with E-state index in [2.05, 4.69) is 5.32 Å². The summed E-state index contributed by atoms with van der Waals surface area (Å²) in [6, 6.07) is 7.95. The zero-order valence-electron chi connectivity index (χ0n) is 17.1. The SMILES string of the molecule is CCOP(=O)(CC=CCOc1cc(NC(=O)C(C#N)C(C)=O)ccc1C#N)OCC. The lowest BCUT2D eigenvalue weighted by molar-refractivity contribution is -0.127. The van der Waals surface area contributed by atoms with Gasteiger partial charge < -0.3 is 19.1 Å². The van der Waals surface area contributed by atoms with Gasteiger partial charge in [0.2, 0.25) is 5.91 Å². The van der Waals surface area contributed by atoms with Crippen molar-refractivity contribution >= 4 is 25.0 Å². The molecule has 0 bridgehead atoms. The number of hydrogen-bond donors (Lipinski definition) is 1. The van der Waals surface area contributed by atoms with Crippen LogP contribution in [0.1, 0.15) is 26.3 Å². The van der Waals surface area contributed by atoms with Crippen molar-refractivity contribution in [3.63, 3.8) is 0 Å². The second kappa shape index (κ2) is 12.6. The number of ether oxygens (including phenoxy) is 1.